The zero-order chi connectivity index (χ0) is 11.3. The van der Waals surface area contributed by atoms with E-state index in [1.54, 1.807) is 24.3 Å². The highest BCUT2D eigenvalue weighted by Crippen LogP contribution is 2.00. The van der Waals surface area contributed by atoms with E-state index in [1.165, 1.54) is 6.92 Å². The fraction of sp³-hybridized carbons (Fsp3) is 0.364. The number of hydrogen-bond donors (Lipinski definition) is 3. The van der Waals surface area contributed by atoms with Crippen LogP contribution in [-0.2, 0) is 0 Å². The molecule has 0 radical (unpaired) electrons. The predicted molar refractivity (Wildman–Crippen MR) is 56.5 cm³/mol. The van der Waals surface area contributed by atoms with Crippen molar-refractivity contribution in [2.24, 2.45) is 0 Å². The molecule has 0 aliphatic rings. The van der Waals surface area contributed by atoms with Crippen molar-refractivity contribution in [1.29, 1.82) is 0 Å². The maximum absolute atomic E-state index is 11.6. The summed E-state index contributed by atoms with van der Waals surface area (Å²) in [5, 5.41) is 20.7. The van der Waals surface area contributed by atoms with Crippen LogP contribution in [0.25, 0.3) is 0 Å². The van der Waals surface area contributed by atoms with Gasteiger partial charge in [-0.3, -0.25) is 4.79 Å². The standard InChI is InChI=1S/C11H15NO3/c1-8(14)10(7-13)12-11(15)9-5-3-2-4-6-9/h2-6,8,10,13-14H,7H2,1H3,(H,12,15)/t8-,10-/m0/s1. The summed E-state index contributed by atoms with van der Waals surface area (Å²) < 4.78 is 0. The van der Waals surface area contributed by atoms with E-state index < -0.39 is 12.1 Å². The third-order valence-corrected chi connectivity index (χ3v) is 2.13. The van der Waals surface area contributed by atoms with Gasteiger partial charge in [0.05, 0.1) is 18.8 Å². The van der Waals surface area contributed by atoms with Gasteiger partial charge in [-0.1, -0.05) is 18.2 Å². The second-order valence-electron chi connectivity index (χ2n) is 3.37. The largest absolute Gasteiger partial charge is 0.394 e. The number of benzene rings is 1. The Morgan fingerprint density at radius 3 is 2.47 bits per heavy atom. The molecule has 15 heavy (non-hydrogen) atoms. The molecule has 0 spiro atoms. The Kier molecular flexibility index (Phi) is 4.27. The third-order valence-electron chi connectivity index (χ3n) is 2.13. The Hall–Kier alpha value is -1.39. The van der Waals surface area contributed by atoms with Gasteiger partial charge in [-0.2, -0.15) is 0 Å². The molecule has 0 bridgehead atoms. The Bertz CT molecular complexity index is 311. The van der Waals surface area contributed by atoms with E-state index in [0.29, 0.717) is 5.56 Å². The molecule has 2 atom stereocenters. The molecule has 0 aliphatic heterocycles. The monoisotopic (exact) mass is 209 g/mol. The fourth-order valence-electron chi connectivity index (χ4n) is 1.16. The highest BCUT2D eigenvalue weighted by Gasteiger charge is 2.16. The highest BCUT2D eigenvalue weighted by molar-refractivity contribution is 5.94. The van der Waals surface area contributed by atoms with Crippen molar-refractivity contribution >= 4 is 5.91 Å². The Morgan fingerprint density at radius 1 is 1.40 bits per heavy atom. The minimum absolute atomic E-state index is 0.282. The van der Waals surface area contributed by atoms with Gasteiger partial charge in [0.2, 0.25) is 0 Å². The van der Waals surface area contributed by atoms with Gasteiger partial charge >= 0.3 is 0 Å². The summed E-state index contributed by atoms with van der Waals surface area (Å²) in [6.45, 7) is 1.24. The molecule has 0 saturated heterocycles. The second-order valence-corrected chi connectivity index (χ2v) is 3.37. The zero-order valence-electron chi connectivity index (χ0n) is 8.55. The van der Waals surface area contributed by atoms with E-state index in [2.05, 4.69) is 5.32 Å². The molecule has 4 heteroatoms. The summed E-state index contributed by atoms with van der Waals surface area (Å²) in [5.74, 6) is -0.296. The molecule has 1 amide bonds. The Morgan fingerprint density at radius 2 is 2.00 bits per heavy atom. The van der Waals surface area contributed by atoms with Crippen LogP contribution in [0, 0.1) is 0 Å². The molecule has 0 saturated carbocycles. The summed E-state index contributed by atoms with van der Waals surface area (Å²) in [4.78, 5) is 11.6. The maximum atomic E-state index is 11.6. The summed E-state index contributed by atoms with van der Waals surface area (Å²) in [7, 11) is 0. The van der Waals surface area contributed by atoms with Gasteiger partial charge in [0.15, 0.2) is 0 Å². The van der Waals surface area contributed by atoms with Crippen LogP contribution in [0.5, 0.6) is 0 Å². The molecule has 0 heterocycles. The van der Waals surface area contributed by atoms with Crippen molar-refractivity contribution in [3.63, 3.8) is 0 Å². The molecule has 0 aliphatic carbocycles. The third kappa shape index (κ3) is 3.34. The van der Waals surface area contributed by atoms with E-state index in [9.17, 15) is 9.90 Å². The van der Waals surface area contributed by atoms with Crippen LogP contribution >= 0.6 is 0 Å². The maximum Gasteiger partial charge on any atom is 0.251 e. The van der Waals surface area contributed by atoms with Crippen LogP contribution < -0.4 is 5.32 Å². The van der Waals surface area contributed by atoms with Crippen LogP contribution in [0.1, 0.15) is 17.3 Å². The number of rotatable bonds is 4. The number of carbonyl (C=O) groups excluding carboxylic acids is 1. The minimum atomic E-state index is -0.775. The van der Waals surface area contributed by atoms with Crippen molar-refractivity contribution in [2.45, 2.75) is 19.1 Å². The van der Waals surface area contributed by atoms with Gasteiger partial charge in [-0.15, -0.1) is 0 Å². The molecule has 0 unspecified atom stereocenters. The number of aliphatic hydroxyl groups excluding tert-OH is 2. The van der Waals surface area contributed by atoms with Crippen LogP contribution in [0.15, 0.2) is 30.3 Å². The van der Waals surface area contributed by atoms with E-state index in [0.717, 1.165) is 0 Å². The number of hydrogen-bond acceptors (Lipinski definition) is 3. The van der Waals surface area contributed by atoms with E-state index in [-0.39, 0.29) is 12.5 Å². The number of aliphatic hydroxyl groups is 2. The van der Waals surface area contributed by atoms with Crippen molar-refractivity contribution < 1.29 is 15.0 Å². The van der Waals surface area contributed by atoms with Crippen molar-refractivity contribution in [1.82, 2.24) is 5.32 Å². The SMILES string of the molecule is C[C@H](O)[C@H](CO)NC(=O)c1ccccc1. The number of amides is 1. The predicted octanol–water partition coefficient (Wildman–Crippen LogP) is 0.158. The molecular formula is C11H15NO3. The first-order valence-corrected chi connectivity index (χ1v) is 4.80. The summed E-state index contributed by atoms with van der Waals surface area (Å²) in [6, 6.07) is 8.04. The quantitative estimate of drug-likeness (QED) is 0.661. The van der Waals surface area contributed by atoms with Crippen LogP contribution in [0.3, 0.4) is 0 Å². The average Bonchev–Trinajstić information content (AvgIpc) is 2.26. The van der Waals surface area contributed by atoms with Crippen molar-refractivity contribution in [2.75, 3.05) is 6.61 Å². The summed E-state index contributed by atoms with van der Waals surface area (Å²) in [6.07, 6.45) is -0.775. The molecule has 82 valence electrons. The molecule has 4 nitrogen and oxygen atoms in total. The first kappa shape index (κ1) is 11.7. The average molecular weight is 209 g/mol. The smallest absolute Gasteiger partial charge is 0.251 e. The van der Waals surface area contributed by atoms with Gasteiger partial charge in [-0.25, -0.2) is 0 Å². The van der Waals surface area contributed by atoms with E-state index in [4.69, 9.17) is 5.11 Å². The molecule has 1 rings (SSSR count). The van der Waals surface area contributed by atoms with Crippen LogP contribution in [-0.4, -0.2) is 34.9 Å². The normalized spacial score (nSPS) is 14.3. The molecule has 0 aromatic heterocycles. The molecule has 0 fully saturated rings. The minimum Gasteiger partial charge on any atom is -0.394 e. The lowest BCUT2D eigenvalue weighted by molar-refractivity contribution is 0.0758. The summed E-state index contributed by atoms with van der Waals surface area (Å²) >= 11 is 0. The first-order valence-electron chi connectivity index (χ1n) is 4.80. The lowest BCUT2D eigenvalue weighted by Gasteiger charge is -2.18. The van der Waals surface area contributed by atoms with Gasteiger partial charge in [0.1, 0.15) is 0 Å². The Balaban J connectivity index is 2.63. The molecular weight excluding hydrogens is 194 g/mol. The fourth-order valence-corrected chi connectivity index (χ4v) is 1.16. The van der Waals surface area contributed by atoms with Crippen LogP contribution in [0.2, 0.25) is 0 Å². The lowest BCUT2D eigenvalue weighted by Crippen LogP contribution is -2.44. The lowest BCUT2D eigenvalue weighted by atomic mass is 10.1. The Labute approximate surface area is 88.6 Å². The second kappa shape index (κ2) is 5.48. The summed E-state index contributed by atoms with van der Waals surface area (Å²) in [5.41, 5.74) is 0.511. The first-order chi connectivity index (χ1) is 7.15. The topological polar surface area (TPSA) is 69.6 Å². The van der Waals surface area contributed by atoms with E-state index >= 15 is 0 Å². The highest BCUT2D eigenvalue weighted by atomic mass is 16.3. The van der Waals surface area contributed by atoms with Crippen LogP contribution in [0.4, 0.5) is 0 Å². The van der Waals surface area contributed by atoms with Gasteiger partial charge in [0.25, 0.3) is 5.91 Å². The number of carbonyl (C=O) groups is 1. The molecule has 3 N–H and O–H groups in total. The molecule has 1 aromatic carbocycles. The van der Waals surface area contributed by atoms with E-state index in [1.807, 2.05) is 6.07 Å². The van der Waals surface area contributed by atoms with Gasteiger partial charge in [0, 0.05) is 5.56 Å². The van der Waals surface area contributed by atoms with Gasteiger partial charge < -0.3 is 15.5 Å². The molecule has 1 aromatic rings. The van der Waals surface area contributed by atoms with Crippen molar-refractivity contribution in [3.8, 4) is 0 Å². The van der Waals surface area contributed by atoms with Gasteiger partial charge in [-0.05, 0) is 19.1 Å². The zero-order valence-corrected chi connectivity index (χ0v) is 8.55. The van der Waals surface area contributed by atoms with Crippen molar-refractivity contribution in [3.05, 3.63) is 35.9 Å². The number of nitrogens with one attached hydrogen (secondary N) is 1.